The van der Waals surface area contributed by atoms with Crippen LogP contribution in [0, 0.1) is 0 Å². The van der Waals surface area contributed by atoms with Crippen LogP contribution >= 0.6 is 0 Å². The summed E-state index contributed by atoms with van der Waals surface area (Å²) in [6.45, 7) is 1.13. The summed E-state index contributed by atoms with van der Waals surface area (Å²) in [7, 11) is 0. The summed E-state index contributed by atoms with van der Waals surface area (Å²) in [5.74, 6) is -0.942. The Morgan fingerprint density at radius 3 is 2.71 bits per heavy atom. The van der Waals surface area contributed by atoms with E-state index in [-0.39, 0.29) is 24.8 Å². The molecule has 2 saturated heterocycles. The fourth-order valence-corrected chi connectivity index (χ4v) is 3.06. The third kappa shape index (κ3) is 4.31. The van der Waals surface area contributed by atoms with Crippen LogP contribution in [0.2, 0.25) is 0 Å². The normalized spacial score (nSPS) is 29.4. The number of carboxylic acid groups (broad SMARTS) is 1. The number of carbonyl (C=O) groups is 2. The van der Waals surface area contributed by atoms with Gasteiger partial charge < -0.3 is 25.2 Å². The Morgan fingerprint density at radius 2 is 2.05 bits per heavy atom. The van der Waals surface area contributed by atoms with Gasteiger partial charge >= 0.3 is 12.0 Å². The van der Waals surface area contributed by atoms with Crippen LogP contribution in [0.3, 0.4) is 0 Å². The molecule has 2 aliphatic rings. The number of hydrogen-bond acceptors (Lipinski definition) is 4. The van der Waals surface area contributed by atoms with Gasteiger partial charge in [-0.2, -0.15) is 0 Å². The molecular weight excluding hydrogens is 276 g/mol. The molecule has 2 aliphatic heterocycles. The number of carbonyl (C=O) groups excluding carboxylic acids is 1. The molecule has 0 radical (unpaired) electrons. The zero-order valence-electron chi connectivity index (χ0n) is 12.2. The minimum atomic E-state index is -0.942. The lowest BCUT2D eigenvalue weighted by atomic mass is 10.0. The number of aliphatic carboxylic acids is 1. The molecule has 0 aliphatic carbocycles. The van der Waals surface area contributed by atoms with Crippen LogP contribution in [-0.2, 0) is 9.53 Å². The first-order valence-electron chi connectivity index (χ1n) is 7.65. The van der Waals surface area contributed by atoms with Crippen molar-refractivity contribution in [3.63, 3.8) is 0 Å². The van der Waals surface area contributed by atoms with Gasteiger partial charge in [0.1, 0.15) is 0 Å². The Morgan fingerprint density at radius 1 is 1.24 bits per heavy atom. The summed E-state index contributed by atoms with van der Waals surface area (Å²) in [4.78, 5) is 24.8. The quantitative estimate of drug-likeness (QED) is 0.689. The molecule has 2 fully saturated rings. The van der Waals surface area contributed by atoms with Crippen molar-refractivity contribution < 1.29 is 24.5 Å². The molecule has 7 heteroatoms. The predicted molar refractivity (Wildman–Crippen MR) is 75.0 cm³/mol. The maximum absolute atomic E-state index is 12.2. The smallest absolute Gasteiger partial charge is 0.332 e. The van der Waals surface area contributed by atoms with Crippen LogP contribution in [0.1, 0.15) is 38.5 Å². The van der Waals surface area contributed by atoms with Gasteiger partial charge in [0.25, 0.3) is 0 Å². The van der Waals surface area contributed by atoms with Crippen molar-refractivity contribution in [2.24, 2.45) is 0 Å². The van der Waals surface area contributed by atoms with Crippen molar-refractivity contribution in [1.82, 2.24) is 10.2 Å². The molecule has 0 bridgehead atoms. The van der Waals surface area contributed by atoms with Crippen molar-refractivity contribution >= 4 is 12.0 Å². The van der Waals surface area contributed by atoms with Crippen molar-refractivity contribution in [3.05, 3.63) is 0 Å². The fourth-order valence-electron chi connectivity index (χ4n) is 3.06. The van der Waals surface area contributed by atoms with Gasteiger partial charge in [-0.05, 0) is 38.5 Å². The number of piperidine rings is 1. The van der Waals surface area contributed by atoms with Crippen molar-refractivity contribution in [1.29, 1.82) is 0 Å². The number of hydrogen-bond donors (Lipinski definition) is 3. The molecule has 2 rings (SSSR count). The topological polar surface area (TPSA) is 99.1 Å². The average molecular weight is 300 g/mol. The summed E-state index contributed by atoms with van der Waals surface area (Å²) in [5, 5.41) is 20.8. The second-order valence-electron chi connectivity index (χ2n) is 5.70. The number of aliphatic hydroxyl groups excluding tert-OH is 1. The lowest BCUT2D eigenvalue weighted by Crippen LogP contribution is -2.50. The number of aliphatic hydroxyl groups is 1. The van der Waals surface area contributed by atoms with E-state index in [2.05, 4.69) is 5.32 Å². The van der Waals surface area contributed by atoms with E-state index in [1.807, 2.05) is 0 Å². The molecule has 3 atom stereocenters. The fraction of sp³-hybridized carbons (Fsp3) is 0.857. The third-order valence-corrected chi connectivity index (χ3v) is 4.21. The van der Waals surface area contributed by atoms with Crippen molar-refractivity contribution in [3.8, 4) is 0 Å². The van der Waals surface area contributed by atoms with Crippen LogP contribution in [0.4, 0.5) is 4.79 Å². The van der Waals surface area contributed by atoms with Crippen LogP contribution < -0.4 is 5.32 Å². The largest absolute Gasteiger partial charge is 0.479 e. The van der Waals surface area contributed by atoms with Gasteiger partial charge in [-0.1, -0.05) is 0 Å². The molecule has 0 spiro atoms. The number of urea groups is 1. The SMILES string of the molecule is O=C(O)C1CCC(CNC(=O)N2CCCCC2CCO)O1. The number of carboxylic acids is 1. The van der Waals surface area contributed by atoms with Crippen LogP contribution in [-0.4, -0.2) is 65.1 Å². The van der Waals surface area contributed by atoms with Crippen LogP contribution in [0.5, 0.6) is 0 Å². The summed E-state index contributed by atoms with van der Waals surface area (Å²) >= 11 is 0. The lowest BCUT2D eigenvalue weighted by molar-refractivity contribution is -0.149. The summed E-state index contributed by atoms with van der Waals surface area (Å²) in [6, 6.07) is -0.0458. The number of likely N-dealkylation sites (tertiary alicyclic amines) is 1. The molecule has 7 nitrogen and oxygen atoms in total. The van der Waals surface area contributed by atoms with Gasteiger partial charge in [-0.3, -0.25) is 0 Å². The van der Waals surface area contributed by atoms with E-state index in [1.54, 1.807) is 4.90 Å². The van der Waals surface area contributed by atoms with Gasteiger partial charge in [0.2, 0.25) is 0 Å². The van der Waals surface area contributed by atoms with Crippen LogP contribution in [0.15, 0.2) is 0 Å². The highest BCUT2D eigenvalue weighted by atomic mass is 16.5. The standard InChI is InChI=1S/C14H24N2O5/c17-8-6-10-3-1-2-7-16(10)14(20)15-9-11-4-5-12(21-11)13(18)19/h10-12,17H,1-9H2,(H,15,20)(H,18,19). The third-order valence-electron chi connectivity index (χ3n) is 4.21. The van der Waals surface area contributed by atoms with E-state index >= 15 is 0 Å². The van der Waals surface area contributed by atoms with Gasteiger partial charge in [-0.15, -0.1) is 0 Å². The number of nitrogens with one attached hydrogen (secondary N) is 1. The van der Waals surface area contributed by atoms with Crippen molar-refractivity contribution in [2.75, 3.05) is 19.7 Å². The van der Waals surface area contributed by atoms with E-state index in [4.69, 9.17) is 14.9 Å². The lowest BCUT2D eigenvalue weighted by Gasteiger charge is -2.35. The Bertz CT molecular complexity index is 374. The summed E-state index contributed by atoms with van der Waals surface area (Å²) < 4.78 is 5.36. The monoisotopic (exact) mass is 300 g/mol. The predicted octanol–water partition coefficient (Wildman–Crippen LogP) is 0.565. The first-order valence-corrected chi connectivity index (χ1v) is 7.65. The van der Waals surface area contributed by atoms with Crippen LogP contribution in [0.25, 0.3) is 0 Å². The minimum absolute atomic E-state index is 0.0838. The average Bonchev–Trinajstić information content (AvgIpc) is 2.95. The molecule has 2 amide bonds. The highest BCUT2D eigenvalue weighted by Crippen LogP contribution is 2.21. The molecule has 0 aromatic rings. The van der Waals surface area contributed by atoms with Crippen molar-refractivity contribution in [2.45, 2.75) is 56.8 Å². The maximum Gasteiger partial charge on any atom is 0.332 e. The van der Waals surface area contributed by atoms with E-state index < -0.39 is 12.1 Å². The minimum Gasteiger partial charge on any atom is -0.479 e. The Hall–Kier alpha value is -1.34. The number of nitrogens with zero attached hydrogens (tertiary/aromatic N) is 1. The zero-order chi connectivity index (χ0) is 15.2. The van der Waals surface area contributed by atoms with Gasteiger partial charge in [0.05, 0.1) is 6.10 Å². The first kappa shape index (κ1) is 16.0. The molecular formula is C14H24N2O5. The Labute approximate surface area is 124 Å². The first-order chi connectivity index (χ1) is 10.1. The van der Waals surface area contributed by atoms with E-state index in [0.717, 1.165) is 19.3 Å². The molecule has 0 saturated carbocycles. The zero-order valence-corrected chi connectivity index (χ0v) is 12.2. The Kier molecular flexibility index (Phi) is 5.81. The Balaban J connectivity index is 1.77. The second-order valence-corrected chi connectivity index (χ2v) is 5.70. The molecule has 120 valence electrons. The van der Waals surface area contributed by atoms with E-state index in [0.29, 0.717) is 32.4 Å². The number of ether oxygens (including phenoxy) is 1. The molecule has 3 unspecified atom stereocenters. The van der Waals surface area contributed by atoms with Gasteiger partial charge in [0.15, 0.2) is 6.10 Å². The number of rotatable bonds is 5. The maximum atomic E-state index is 12.2. The van der Waals surface area contributed by atoms with Gasteiger partial charge in [0, 0.05) is 25.7 Å². The summed E-state index contributed by atoms with van der Waals surface area (Å²) in [6.07, 6.45) is 3.77. The van der Waals surface area contributed by atoms with E-state index in [1.165, 1.54) is 0 Å². The molecule has 21 heavy (non-hydrogen) atoms. The molecule has 0 aromatic heterocycles. The highest BCUT2D eigenvalue weighted by Gasteiger charge is 2.31. The highest BCUT2D eigenvalue weighted by molar-refractivity contribution is 5.75. The van der Waals surface area contributed by atoms with E-state index in [9.17, 15) is 9.59 Å². The molecule has 3 N–H and O–H groups in total. The second kappa shape index (κ2) is 7.61. The summed E-state index contributed by atoms with van der Waals surface area (Å²) in [5.41, 5.74) is 0. The van der Waals surface area contributed by atoms with Gasteiger partial charge in [-0.25, -0.2) is 9.59 Å². The molecule has 2 heterocycles. The number of amides is 2. The molecule has 0 aromatic carbocycles.